The standard InChI is InChI=1S/C41H69NO7/c1-25(2)23-27(35(46)47-11)42-32(44)13-14-33(45)48-31-17-20-38(7)29(37(31,5)6)16-22-39(8)30(38)24-28(43)34-26(15-21-40(34,39)9)41(10)19-12-18-36(3,4)49-41/h25-31,34,43H,12-24H2,1-11H3,(H,42,44)/t26-,27+,28+,29-,30+,31-,34-,38-,39+,40+,41+/m0/s1. The molecule has 0 spiro atoms. The lowest BCUT2D eigenvalue weighted by atomic mass is 9.35. The van der Waals surface area contributed by atoms with Gasteiger partial charge in [0.25, 0.3) is 0 Å². The molecule has 1 amide bonds. The minimum absolute atomic E-state index is 0.0243. The molecular weight excluding hydrogens is 618 g/mol. The Hall–Kier alpha value is -1.67. The first-order chi connectivity index (χ1) is 22.6. The molecule has 4 saturated carbocycles. The van der Waals surface area contributed by atoms with Gasteiger partial charge in [0.15, 0.2) is 0 Å². The SMILES string of the molecule is COC(=O)[C@@H](CC(C)C)NC(=O)CCC(=O)O[C@H]1CC[C@]2(C)[C@H]3C[C@@H](O)[C@@H]4[C@@H]([C@@]5(C)CCCC(C)(C)O5)CC[C@@]4(C)[C@]3(C)CC[C@H]2C1(C)C. The number of nitrogens with one attached hydrogen (secondary N) is 1. The molecular formula is C41H69NO7. The first kappa shape index (κ1) is 38.6. The summed E-state index contributed by atoms with van der Waals surface area (Å²) in [5.74, 6) is 0.369. The zero-order valence-electron chi connectivity index (χ0n) is 32.7. The maximum atomic E-state index is 13.2. The fraction of sp³-hybridized carbons (Fsp3) is 0.927. The van der Waals surface area contributed by atoms with Crippen LogP contribution in [0.1, 0.15) is 153 Å². The Kier molecular flexibility index (Phi) is 10.5. The summed E-state index contributed by atoms with van der Waals surface area (Å²) < 4.78 is 18.0. The van der Waals surface area contributed by atoms with E-state index in [1.807, 2.05) is 13.8 Å². The molecule has 5 aliphatic rings. The number of carbonyl (C=O) groups is 3. The van der Waals surface area contributed by atoms with Crippen molar-refractivity contribution in [2.75, 3.05) is 7.11 Å². The molecule has 1 aliphatic heterocycles. The van der Waals surface area contributed by atoms with Gasteiger partial charge in [-0.1, -0.05) is 48.5 Å². The van der Waals surface area contributed by atoms with E-state index in [2.05, 4.69) is 60.7 Å². The van der Waals surface area contributed by atoms with Gasteiger partial charge in [-0.25, -0.2) is 4.79 Å². The van der Waals surface area contributed by atoms with E-state index in [1.54, 1.807) is 0 Å². The van der Waals surface area contributed by atoms with E-state index in [-0.39, 0.29) is 81.6 Å². The van der Waals surface area contributed by atoms with E-state index in [0.717, 1.165) is 57.8 Å². The highest BCUT2D eigenvalue weighted by molar-refractivity contribution is 5.86. The lowest BCUT2D eigenvalue weighted by Crippen LogP contribution is -2.67. The van der Waals surface area contributed by atoms with Crippen molar-refractivity contribution < 1.29 is 33.7 Å². The van der Waals surface area contributed by atoms with Crippen molar-refractivity contribution in [1.82, 2.24) is 5.32 Å². The highest BCUT2D eigenvalue weighted by Crippen LogP contribution is 2.76. The maximum Gasteiger partial charge on any atom is 0.328 e. The van der Waals surface area contributed by atoms with Crippen molar-refractivity contribution in [3.63, 3.8) is 0 Å². The number of methoxy groups -OCH3 is 1. The maximum absolute atomic E-state index is 13.2. The van der Waals surface area contributed by atoms with Crippen LogP contribution in [0.2, 0.25) is 0 Å². The molecule has 0 radical (unpaired) electrons. The van der Waals surface area contributed by atoms with E-state index in [1.165, 1.54) is 13.5 Å². The zero-order valence-corrected chi connectivity index (χ0v) is 32.7. The molecule has 4 aliphatic carbocycles. The van der Waals surface area contributed by atoms with E-state index in [0.29, 0.717) is 24.2 Å². The van der Waals surface area contributed by atoms with Gasteiger partial charge >= 0.3 is 11.9 Å². The summed E-state index contributed by atoms with van der Waals surface area (Å²) in [5, 5.41) is 15.0. The third-order valence-corrected chi connectivity index (χ3v) is 15.4. The van der Waals surface area contributed by atoms with E-state index in [9.17, 15) is 19.5 Å². The topological polar surface area (TPSA) is 111 Å². The van der Waals surface area contributed by atoms with Crippen LogP contribution in [0.5, 0.6) is 0 Å². The molecule has 0 aromatic heterocycles. The van der Waals surface area contributed by atoms with Gasteiger partial charge in [0.05, 0.1) is 30.8 Å². The summed E-state index contributed by atoms with van der Waals surface area (Å²) in [5.41, 5.74) is -0.379. The number of aliphatic hydroxyl groups excluding tert-OH is 1. The Bertz CT molecular complexity index is 1260. The molecule has 0 aromatic rings. The Morgan fingerprint density at radius 3 is 2.16 bits per heavy atom. The van der Waals surface area contributed by atoms with Crippen LogP contribution in [-0.4, -0.2) is 59.5 Å². The largest absolute Gasteiger partial charge is 0.467 e. The smallest absolute Gasteiger partial charge is 0.328 e. The van der Waals surface area contributed by atoms with Crippen LogP contribution in [0.4, 0.5) is 0 Å². The second-order valence-electron chi connectivity index (χ2n) is 19.6. The average molecular weight is 688 g/mol. The molecule has 0 unspecified atom stereocenters. The van der Waals surface area contributed by atoms with Gasteiger partial charge in [-0.15, -0.1) is 0 Å². The van der Waals surface area contributed by atoms with Crippen LogP contribution in [0.25, 0.3) is 0 Å². The van der Waals surface area contributed by atoms with Crippen LogP contribution in [-0.2, 0) is 28.6 Å². The van der Waals surface area contributed by atoms with Crippen molar-refractivity contribution in [2.24, 2.45) is 51.2 Å². The zero-order chi connectivity index (χ0) is 36.4. The number of esters is 2. The molecule has 5 fully saturated rings. The quantitative estimate of drug-likeness (QED) is 0.238. The van der Waals surface area contributed by atoms with Crippen molar-refractivity contribution in [3.8, 4) is 0 Å². The molecule has 5 rings (SSSR count). The van der Waals surface area contributed by atoms with Gasteiger partial charge < -0.3 is 24.6 Å². The van der Waals surface area contributed by atoms with E-state index in [4.69, 9.17) is 14.2 Å². The van der Waals surface area contributed by atoms with Crippen LogP contribution in [0.15, 0.2) is 0 Å². The molecule has 1 saturated heterocycles. The average Bonchev–Trinajstić information content (AvgIpc) is 3.38. The molecule has 1 heterocycles. The van der Waals surface area contributed by atoms with Gasteiger partial charge in [0.1, 0.15) is 12.1 Å². The fourth-order valence-electron chi connectivity index (χ4n) is 13.0. The highest BCUT2D eigenvalue weighted by atomic mass is 16.5. The van der Waals surface area contributed by atoms with Gasteiger partial charge in [0.2, 0.25) is 5.91 Å². The molecule has 0 bridgehead atoms. The number of fused-ring (bicyclic) bond motifs is 5. The molecule has 280 valence electrons. The molecule has 11 atom stereocenters. The van der Waals surface area contributed by atoms with Crippen molar-refractivity contribution in [1.29, 1.82) is 0 Å². The van der Waals surface area contributed by atoms with Gasteiger partial charge in [0, 0.05) is 11.8 Å². The summed E-state index contributed by atoms with van der Waals surface area (Å²) in [6, 6.07) is -0.720. The third-order valence-electron chi connectivity index (χ3n) is 15.4. The summed E-state index contributed by atoms with van der Waals surface area (Å²) in [7, 11) is 1.31. The molecule has 8 nitrogen and oxygen atoms in total. The van der Waals surface area contributed by atoms with Crippen LogP contribution in [0.3, 0.4) is 0 Å². The minimum Gasteiger partial charge on any atom is -0.467 e. The Labute approximate surface area is 296 Å². The second-order valence-corrected chi connectivity index (χ2v) is 19.6. The van der Waals surface area contributed by atoms with E-state index < -0.39 is 12.0 Å². The Morgan fingerprint density at radius 2 is 1.53 bits per heavy atom. The second kappa shape index (κ2) is 13.4. The first-order valence-corrected chi connectivity index (χ1v) is 19.6. The Balaban J connectivity index is 1.26. The molecule has 49 heavy (non-hydrogen) atoms. The van der Waals surface area contributed by atoms with Crippen LogP contribution in [0, 0.1) is 51.2 Å². The molecule has 8 heteroatoms. The Morgan fingerprint density at radius 1 is 0.857 bits per heavy atom. The number of aliphatic hydroxyl groups is 1. The third kappa shape index (κ3) is 6.73. The normalized spacial score (nSPS) is 43.0. The fourth-order valence-corrected chi connectivity index (χ4v) is 13.0. The summed E-state index contributed by atoms with van der Waals surface area (Å²) in [4.78, 5) is 38.0. The van der Waals surface area contributed by atoms with E-state index >= 15 is 0 Å². The van der Waals surface area contributed by atoms with Crippen molar-refractivity contribution >= 4 is 17.8 Å². The van der Waals surface area contributed by atoms with Gasteiger partial charge in [-0.3, -0.25) is 9.59 Å². The highest BCUT2D eigenvalue weighted by Gasteiger charge is 2.72. The summed E-state index contributed by atoms with van der Waals surface area (Å²) in [6.45, 7) is 22.9. The van der Waals surface area contributed by atoms with Crippen LogP contribution >= 0.6 is 0 Å². The number of hydrogen-bond donors (Lipinski definition) is 2. The van der Waals surface area contributed by atoms with Crippen molar-refractivity contribution in [3.05, 3.63) is 0 Å². The van der Waals surface area contributed by atoms with Gasteiger partial charge in [-0.05, 0) is 137 Å². The predicted octanol–water partition coefficient (Wildman–Crippen LogP) is 7.78. The van der Waals surface area contributed by atoms with Crippen molar-refractivity contribution in [2.45, 2.75) is 182 Å². The number of hydrogen-bond acceptors (Lipinski definition) is 7. The number of rotatable bonds is 9. The van der Waals surface area contributed by atoms with Gasteiger partial charge in [-0.2, -0.15) is 0 Å². The monoisotopic (exact) mass is 688 g/mol. The number of carbonyl (C=O) groups excluding carboxylic acids is 3. The summed E-state index contributed by atoms with van der Waals surface area (Å²) in [6.07, 6.45) is 10.2. The predicted molar refractivity (Wildman–Crippen MR) is 190 cm³/mol. The lowest BCUT2D eigenvalue weighted by Gasteiger charge is -2.70. The number of ether oxygens (including phenoxy) is 3. The minimum atomic E-state index is -0.720. The first-order valence-electron chi connectivity index (χ1n) is 19.6. The lowest BCUT2D eigenvalue weighted by molar-refractivity contribution is -0.259. The summed E-state index contributed by atoms with van der Waals surface area (Å²) >= 11 is 0. The molecule has 0 aromatic carbocycles. The molecule has 2 N–H and O–H groups in total. The van der Waals surface area contributed by atoms with Crippen LogP contribution < -0.4 is 5.32 Å². The number of amides is 1.